The van der Waals surface area contributed by atoms with E-state index >= 15 is 0 Å². The molecule has 3 unspecified atom stereocenters. The van der Waals surface area contributed by atoms with Gasteiger partial charge in [0.1, 0.15) is 0 Å². The molecule has 128 valence electrons. The van der Waals surface area contributed by atoms with Gasteiger partial charge >= 0.3 is 5.97 Å². The van der Waals surface area contributed by atoms with Crippen molar-refractivity contribution in [3.63, 3.8) is 0 Å². The molecule has 0 aromatic heterocycles. The van der Waals surface area contributed by atoms with Crippen LogP contribution in [0.4, 0.5) is 0 Å². The number of nitrogens with zero attached hydrogens (tertiary/aromatic N) is 3. The van der Waals surface area contributed by atoms with Crippen molar-refractivity contribution in [2.45, 2.75) is 33.2 Å². The van der Waals surface area contributed by atoms with Gasteiger partial charge in [0.2, 0.25) is 0 Å². The molecule has 1 fully saturated rings. The fourth-order valence-corrected chi connectivity index (χ4v) is 2.81. The van der Waals surface area contributed by atoms with Crippen molar-refractivity contribution < 1.29 is 9.53 Å². The lowest BCUT2D eigenvalue weighted by Gasteiger charge is -2.26. The van der Waals surface area contributed by atoms with Crippen LogP contribution in [0.25, 0.3) is 0 Å². The highest BCUT2D eigenvalue weighted by molar-refractivity contribution is 5.82. The molecule has 1 aliphatic rings. The Kier molecular flexibility index (Phi) is 7.65. The average Bonchev–Trinajstić information content (AvgIpc) is 2.91. The van der Waals surface area contributed by atoms with E-state index in [0.717, 1.165) is 32.0 Å². The lowest BCUT2D eigenvalue weighted by atomic mass is 9.99. The molecule has 1 rings (SSSR count). The molecule has 0 bridgehead atoms. The summed E-state index contributed by atoms with van der Waals surface area (Å²) in [6, 6.07) is 0.583. The molecular weight excluding hydrogens is 280 g/mol. The molecule has 3 atom stereocenters. The zero-order valence-electron chi connectivity index (χ0n) is 14.9. The van der Waals surface area contributed by atoms with Crippen LogP contribution < -0.4 is 5.32 Å². The first-order valence-corrected chi connectivity index (χ1v) is 8.18. The lowest BCUT2D eigenvalue weighted by molar-refractivity contribution is -0.145. The fourth-order valence-electron chi connectivity index (χ4n) is 2.81. The summed E-state index contributed by atoms with van der Waals surface area (Å²) in [7, 11) is 5.39. The van der Waals surface area contributed by atoms with Gasteiger partial charge in [-0.25, -0.2) is 0 Å². The molecule has 1 aliphatic heterocycles. The van der Waals surface area contributed by atoms with E-state index in [1.54, 1.807) is 7.05 Å². The monoisotopic (exact) mass is 312 g/mol. The van der Waals surface area contributed by atoms with Crippen LogP contribution in [0.3, 0.4) is 0 Å². The number of likely N-dealkylation sites (tertiary alicyclic amines) is 1. The molecule has 0 spiro atoms. The second kappa shape index (κ2) is 8.98. The van der Waals surface area contributed by atoms with Gasteiger partial charge in [-0.2, -0.15) is 0 Å². The number of esters is 1. The molecule has 0 amide bonds. The van der Waals surface area contributed by atoms with Crippen LogP contribution in [-0.2, 0) is 9.53 Å². The third-order valence-electron chi connectivity index (χ3n) is 4.72. The first-order valence-electron chi connectivity index (χ1n) is 8.18. The number of hydrogen-bond acceptors (Lipinski definition) is 4. The Labute approximate surface area is 134 Å². The van der Waals surface area contributed by atoms with Crippen LogP contribution in [0.15, 0.2) is 4.99 Å². The van der Waals surface area contributed by atoms with Gasteiger partial charge in [-0.1, -0.05) is 13.8 Å². The lowest BCUT2D eigenvalue weighted by Crippen LogP contribution is -2.44. The van der Waals surface area contributed by atoms with Gasteiger partial charge in [0, 0.05) is 39.3 Å². The van der Waals surface area contributed by atoms with E-state index in [-0.39, 0.29) is 17.8 Å². The summed E-state index contributed by atoms with van der Waals surface area (Å²) in [5.41, 5.74) is 0. The summed E-state index contributed by atoms with van der Waals surface area (Å²) >= 11 is 0. The van der Waals surface area contributed by atoms with Crippen LogP contribution in [0.5, 0.6) is 0 Å². The first kappa shape index (κ1) is 18.7. The van der Waals surface area contributed by atoms with E-state index in [4.69, 9.17) is 4.74 Å². The Hall–Kier alpha value is -1.30. The van der Waals surface area contributed by atoms with Gasteiger partial charge in [-0.3, -0.25) is 9.79 Å². The van der Waals surface area contributed by atoms with E-state index in [1.165, 1.54) is 7.11 Å². The number of guanidine groups is 1. The molecule has 0 radical (unpaired) electrons. The van der Waals surface area contributed by atoms with Gasteiger partial charge < -0.3 is 19.9 Å². The van der Waals surface area contributed by atoms with Crippen molar-refractivity contribution in [2.24, 2.45) is 16.8 Å². The minimum Gasteiger partial charge on any atom is -0.469 e. The normalized spacial score (nSPS) is 23.8. The van der Waals surface area contributed by atoms with Crippen LogP contribution in [-0.4, -0.2) is 75.2 Å². The number of carbonyl (C=O) groups is 1. The molecule has 0 aromatic carbocycles. The van der Waals surface area contributed by atoms with Crippen molar-refractivity contribution in [1.29, 1.82) is 0 Å². The summed E-state index contributed by atoms with van der Waals surface area (Å²) in [6.07, 6.45) is 1.15. The molecule has 0 saturated carbocycles. The van der Waals surface area contributed by atoms with Gasteiger partial charge in [0.05, 0.1) is 13.0 Å². The first-order chi connectivity index (χ1) is 10.4. The topological polar surface area (TPSA) is 57.2 Å². The van der Waals surface area contributed by atoms with Crippen molar-refractivity contribution in [2.75, 3.05) is 47.4 Å². The maximum atomic E-state index is 11.8. The minimum atomic E-state index is -0.123. The van der Waals surface area contributed by atoms with Crippen LogP contribution in [0.2, 0.25) is 0 Å². The zero-order valence-corrected chi connectivity index (χ0v) is 14.9. The second-order valence-corrected chi connectivity index (χ2v) is 6.22. The van der Waals surface area contributed by atoms with Gasteiger partial charge in [-0.05, 0) is 26.3 Å². The highest BCUT2D eigenvalue weighted by Crippen LogP contribution is 2.23. The quantitative estimate of drug-likeness (QED) is 0.451. The molecule has 22 heavy (non-hydrogen) atoms. The fraction of sp³-hybridized carbons (Fsp3) is 0.875. The number of rotatable bonds is 6. The van der Waals surface area contributed by atoms with Gasteiger partial charge in [0.15, 0.2) is 5.96 Å². The second-order valence-electron chi connectivity index (χ2n) is 6.22. The molecule has 1 heterocycles. The summed E-state index contributed by atoms with van der Waals surface area (Å²) < 4.78 is 4.89. The van der Waals surface area contributed by atoms with Crippen molar-refractivity contribution in [1.82, 2.24) is 15.1 Å². The van der Waals surface area contributed by atoms with Crippen molar-refractivity contribution >= 4 is 11.9 Å². The van der Waals surface area contributed by atoms with E-state index in [2.05, 4.69) is 47.9 Å². The van der Waals surface area contributed by atoms with Crippen LogP contribution in [0.1, 0.15) is 27.2 Å². The van der Waals surface area contributed by atoms with E-state index < -0.39 is 0 Å². The highest BCUT2D eigenvalue weighted by Gasteiger charge is 2.36. The van der Waals surface area contributed by atoms with Gasteiger partial charge in [0.25, 0.3) is 0 Å². The molecule has 1 N–H and O–H groups in total. The minimum absolute atomic E-state index is 0.0636. The number of hydrogen-bond donors (Lipinski definition) is 1. The number of methoxy groups -OCH3 is 1. The molecule has 6 heteroatoms. The third-order valence-corrected chi connectivity index (χ3v) is 4.72. The largest absolute Gasteiger partial charge is 0.469 e. The number of likely N-dealkylation sites (N-methyl/N-ethyl adjacent to an activating group) is 1. The Morgan fingerprint density at radius 1 is 1.50 bits per heavy atom. The Balaban J connectivity index is 2.48. The van der Waals surface area contributed by atoms with E-state index in [9.17, 15) is 4.79 Å². The number of ether oxygens (including phenoxy) is 1. The summed E-state index contributed by atoms with van der Waals surface area (Å²) in [6.45, 7) is 9.85. The summed E-state index contributed by atoms with van der Waals surface area (Å²) in [5.74, 6) is 0.970. The Morgan fingerprint density at radius 3 is 2.73 bits per heavy atom. The molecular formula is C16H32N4O2. The SMILES string of the molecule is CCC(C)N(C)CCNC(=NC)N1CC(C)C(C(=O)OC)C1. The standard InChI is InChI=1S/C16H32N4O2/c1-7-13(3)19(5)9-8-18-16(17-4)20-10-12(2)14(11-20)15(21)22-6/h12-14H,7-11H2,1-6H3,(H,17,18). The van der Waals surface area contributed by atoms with Crippen molar-refractivity contribution in [3.8, 4) is 0 Å². The Morgan fingerprint density at radius 2 is 2.18 bits per heavy atom. The highest BCUT2D eigenvalue weighted by atomic mass is 16.5. The zero-order chi connectivity index (χ0) is 16.7. The number of nitrogens with one attached hydrogen (secondary N) is 1. The molecule has 0 aromatic rings. The van der Waals surface area contributed by atoms with E-state index in [0.29, 0.717) is 12.6 Å². The Bertz CT molecular complexity index is 386. The molecule has 6 nitrogen and oxygen atoms in total. The maximum Gasteiger partial charge on any atom is 0.310 e. The summed E-state index contributed by atoms with van der Waals surface area (Å²) in [4.78, 5) is 20.6. The van der Waals surface area contributed by atoms with Crippen LogP contribution in [0, 0.1) is 11.8 Å². The smallest absolute Gasteiger partial charge is 0.310 e. The molecule has 1 saturated heterocycles. The van der Waals surface area contributed by atoms with Crippen molar-refractivity contribution in [3.05, 3.63) is 0 Å². The molecule has 0 aliphatic carbocycles. The maximum absolute atomic E-state index is 11.8. The summed E-state index contributed by atoms with van der Waals surface area (Å²) in [5, 5.41) is 3.40. The third kappa shape index (κ3) is 4.87. The predicted octanol–water partition coefficient (Wildman–Crippen LogP) is 1.03. The predicted molar refractivity (Wildman–Crippen MR) is 90.0 cm³/mol. The van der Waals surface area contributed by atoms with Gasteiger partial charge in [-0.15, -0.1) is 0 Å². The number of carbonyl (C=O) groups excluding carboxylic acids is 1. The average molecular weight is 312 g/mol. The number of aliphatic imine (C=N–C) groups is 1. The van der Waals surface area contributed by atoms with Crippen LogP contribution >= 0.6 is 0 Å². The van der Waals surface area contributed by atoms with E-state index in [1.807, 2.05) is 0 Å².